The SMILES string of the molecule is CC1=C(C(=O)Nc2cccnc2)[C@H](c2cccnc2)C2=C(CCCC2=O)N1. The lowest BCUT2D eigenvalue weighted by Gasteiger charge is -2.34. The van der Waals surface area contributed by atoms with Gasteiger partial charge in [-0.05, 0) is 43.5 Å². The fraction of sp³-hybridized carbons (Fsp3) is 0.238. The van der Waals surface area contributed by atoms with E-state index in [1.165, 1.54) is 0 Å². The van der Waals surface area contributed by atoms with E-state index < -0.39 is 5.92 Å². The standard InChI is InChI=1S/C21H20N4O2/c1-13-18(21(27)25-15-6-4-10-23-12-15)19(14-5-3-9-22-11-14)20-16(24-13)7-2-8-17(20)26/h3-6,9-12,19,24H,2,7-8H2,1H3,(H,25,27)/t19-/m0/s1. The third-order valence-corrected chi connectivity index (χ3v) is 4.96. The molecule has 1 atom stereocenters. The summed E-state index contributed by atoms with van der Waals surface area (Å²) in [6, 6.07) is 7.30. The number of amides is 1. The molecular formula is C21H20N4O2. The summed E-state index contributed by atoms with van der Waals surface area (Å²) in [5.74, 6) is -0.567. The number of anilines is 1. The number of hydrogen-bond acceptors (Lipinski definition) is 5. The first-order chi connectivity index (χ1) is 13.1. The normalized spacial score (nSPS) is 19.4. The second kappa shape index (κ2) is 7.15. The number of pyridine rings is 2. The molecule has 1 amide bonds. The van der Waals surface area contributed by atoms with Crippen LogP contribution < -0.4 is 10.6 Å². The van der Waals surface area contributed by atoms with Gasteiger partial charge in [0.2, 0.25) is 0 Å². The van der Waals surface area contributed by atoms with Crippen LogP contribution in [0.5, 0.6) is 0 Å². The molecule has 0 radical (unpaired) electrons. The molecule has 4 rings (SSSR count). The average molecular weight is 360 g/mol. The molecule has 3 heterocycles. The molecule has 0 spiro atoms. The Morgan fingerprint density at radius 2 is 1.93 bits per heavy atom. The van der Waals surface area contributed by atoms with Crippen molar-refractivity contribution in [3.63, 3.8) is 0 Å². The van der Waals surface area contributed by atoms with Crippen molar-refractivity contribution in [1.29, 1.82) is 0 Å². The zero-order chi connectivity index (χ0) is 18.8. The van der Waals surface area contributed by atoms with Gasteiger partial charge in [0.15, 0.2) is 5.78 Å². The van der Waals surface area contributed by atoms with Crippen LogP contribution in [0.1, 0.15) is 37.7 Å². The van der Waals surface area contributed by atoms with Gasteiger partial charge in [-0.1, -0.05) is 6.07 Å². The van der Waals surface area contributed by atoms with E-state index in [2.05, 4.69) is 20.6 Å². The number of dihydropyridines is 1. The van der Waals surface area contributed by atoms with E-state index in [0.717, 1.165) is 29.8 Å². The van der Waals surface area contributed by atoms with Crippen LogP contribution >= 0.6 is 0 Å². The molecule has 0 saturated heterocycles. The first-order valence-corrected chi connectivity index (χ1v) is 9.00. The lowest BCUT2D eigenvalue weighted by molar-refractivity contribution is -0.116. The summed E-state index contributed by atoms with van der Waals surface area (Å²) in [5.41, 5.74) is 4.38. The summed E-state index contributed by atoms with van der Waals surface area (Å²) in [5, 5.41) is 6.21. The van der Waals surface area contributed by atoms with Crippen molar-refractivity contribution in [2.75, 3.05) is 5.32 Å². The van der Waals surface area contributed by atoms with E-state index in [1.54, 1.807) is 36.9 Å². The van der Waals surface area contributed by atoms with Crippen LogP contribution in [0.15, 0.2) is 71.6 Å². The topological polar surface area (TPSA) is 84.0 Å². The smallest absolute Gasteiger partial charge is 0.254 e. The molecule has 1 aliphatic heterocycles. The highest BCUT2D eigenvalue weighted by Crippen LogP contribution is 2.42. The maximum absolute atomic E-state index is 13.2. The largest absolute Gasteiger partial charge is 0.362 e. The van der Waals surface area contributed by atoms with Crippen molar-refractivity contribution in [2.45, 2.75) is 32.1 Å². The first kappa shape index (κ1) is 17.1. The number of nitrogens with one attached hydrogen (secondary N) is 2. The van der Waals surface area contributed by atoms with Gasteiger partial charge in [0.25, 0.3) is 5.91 Å². The molecule has 0 unspecified atom stereocenters. The molecule has 0 saturated carbocycles. The van der Waals surface area contributed by atoms with Crippen LogP contribution in [0.4, 0.5) is 5.69 Å². The number of nitrogens with zero attached hydrogens (tertiary/aromatic N) is 2. The molecule has 0 aromatic carbocycles. The Kier molecular flexibility index (Phi) is 4.54. The lowest BCUT2D eigenvalue weighted by Crippen LogP contribution is -2.35. The fourth-order valence-corrected chi connectivity index (χ4v) is 3.80. The number of ketones is 1. The van der Waals surface area contributed by atoms with Gasteiger partial charge in [0.05, 0.1) is 11.9 Å². The first-order valence-electron chi connectivity index (χ1n) is 9.00. The number of aromatic nitrogens is 2. The third-order valence-electron chi connectivity index (χ3n) is 4.96. The predicted molar refractivity (Wildman–Crippen MR) is 102 cm³/mol. The maximum Gasteiger partial charge on any atom is 0.254 e. The Morgan fingerprint density at radius 3 is 2.63 bits per heavy atom. The van der Waals surface area contributed by atoms with Gasteiger partial charge in [-0.3, -0.25) is 19.6 Å². The highest BCUT2D eigenvalue weighted by atomic mass is 16.2. The van der Waals surface area contributed by atoms with Crippen LogP contribution in [0.3, 0.4) is 0 Å². The van der Waals surface area contributed by atoms with Crippen LogP contribution in [0.25, 0.3) is 0 Å². The highest BCUT2D eigenvalue weighted by Gasteiger charge is 2.38. The minimum Gasteiger partial charge on any atom is -0.362 e. The number of rotatable bonds is 3. The van der Waals surface area contributed by atoms with Gasteiger partial charge in [0, 0.05) is 53.5 Å². The quantitative estimate of drug-likeness (QED) is 0.879. The number of hydrogen-bond donors (Lipinski definition) is 2. The predicted octanol–water partition coefficient (Wildman–Crippen LogP) is 3.08. The van der Waals surface area contributed by atoms with E-state index in [0.29, 0.717) is 23.3 Å². The van der Waals surface area contributed by atoms with Gasteiger partial charge in [0.1, 0.15) is 0 Å². The van der Waals surface area contributed by atoms with E-state index >= 15 is 0 Å². The monoisotopic (exact) mass is 360 g/mol. The Labute approximate surface area is 157 Å². The van der Waals surface area contributed by atoms with Crippen LogP contribution in [-0.4, -0.2) is 21.7 Å². The summed E-state index contributed by atoms with van der Waals surface area (Å²) in [6.07, 6.45) is 8.81. The summed E-state index contributed by atoms with van der Waals surface area (Å²) in [6.45, 7) is 1.88. The van der Waals surface area contributed by atoms with Gasteiger partial charge in [-0.2, -0.15) is 0 Å². The molecule has 2 aliphatic rings. The van der Waals surface area contributed by atoms with Crippen molar-refractivity contribution < 1.29 is 9.59 Å². The Hall–Kier alpha value is -3.28. The summed E-state index contributed by atoms with van der Waals surface area (Å²) in [7, 11) is 0. The number of carbonyl (C=O) groups is 2. The molecule has 2 N–H and O–H groups in total. The van der Waals surface area contributed by atoms with Crippen molar-refractivity contribution >= 4 is 17.4 Å². The van der Waals surface area contributed by atoms with E-state index in [9.17, 15) is 9.59 Å². The Bertz CT molecular complexity index is 949. The summed E-state index contributed by atoms with van der Waals surface area (Å²) < 4.78 is 0. The second-order valence-electron chi connectivity index (χ2n) is 6.75. The van der Waals surface area contributed by atoms with Crippen LogP contribution in [0, 0.1) is 0 Å². The lowest BCUT2D eigenvalue weighted by atomic mass is 9.75. The zero-order valence-electron chi connectivity index (χ0n) is 15.0. The zero-order valence-corrected chi connectivity index (χ0v) is 15.0. The maximum atomic E-state index is 13.2. The van der Waals surface area contributed by atoms with Crippen molar-refractivity contribution in [3.8, 4) is 0 Å². The number of allylic oxidation sites excluding steroid dienone is 3. The van der Waals surface area contributed by atoms with Crippen molar-refractivity contribution in [1.82, 2.24) is 15.3 Å². The molecule has 6 nitrogen and oxygen atoms in total. The molecule has 136 valence electrons. The number of Topliss-reactive ketones (excluding diaryl/α,β-unsaturated/α-hetero) is 1. The van der Waals surface area contributed by atoms with Gasteiger partial charge in [-0.15, -0.1) is 0 Å². The molecule has 1 aliphatic carbocycles. The molecule has 27 heavy (non-hydrogen) atoms. The average Bonchev–Trinajstić information content (AvgIpc) is 2.68. The van der Waals surface area contributed by atoms with Crippen LogP contribution in [0.2, 0.25) is 0 Å². The fourth-order valence-electron chi connectivity index (χ4n) is 3.80. The van der Waals surface area contributed by atoms with E-state index in [-0.39, 0.29) is 11.7 Å². The van der Waals surface area contributed by atoms with Gasteiger partial charge in [-0.25, -0.2) is 0 Å². The summed E-state index contributed by atoms with van der Waals surface area (Å²) >= 11 is 0. The van der Waals surface area contributed by atoms with Gasteiger partial charge < -0.3 is 10.6 Å². The molecular weight excluding hydrogens is 340 g/mol. The second-order valence-corrected chi connectivity index (χ2v) is 6.75. The van der Waals surface area contributed by atoms with Gasteiger partial charge >= 0.3 is 0 Å². The summed E-state index contributed by atoms with van der Waals surface area (Å²) in [4.78, 5) is 34.2. The van der Waals surface area contributed by atoms with E-state index in [4.69, 9.17) is 0 Å². The van der Waals surface area contributed by atoms with Crippen molar-refractivity contribution in [2.24, 2.45) is 0 Å². The molecule has 2 aromatic heterocycles. The molecule has 6 heteroatoms. The van der Waals surface area contributed by atoms with Crippen LogP contribution in [-0.2, 0) is 9.59 Å². The highest BCUT2D eigenvalue weighted by molar-refractivity contribution is 6.09. The number of carbonyl (C=O) groups excluding carboxylic acids is 2. The Morgan fingerprint density at radius 1 is 1.15 bits per heavy atom. The molecule has 0 bridgehead atoms. The van der Waals surface area contributed by atoms with Crippen molar-refractivity contribution in [3.05, 3.63) is 77.2 Å². The Balaban J connectivity index is 1.78. The van der Waals surface area contributed by atoms with E-state index in [1.807, 2.05) is 19.1 Å². The third kappa shape index (κ3) is 3.26. The minimum atomic E-state index is -0.417. The molecule has 2 aromatic rings. The molecule has 0 fully saturated rings. The minimum absolute atomic E-state index is 0.0942.